The molecule has 0 saturated heterocycles. The van der Waals surface area contributed by atoms with Gasteiger partial charge in [0.2, 0.25) is 5.91 Å². The normalized spacial score (nSPS) is 30.9. The number of nitrogens with one attached hydrogen (secondary N) is 1. The molecule has 1 aliphatic carbocycles. The third kappa shape index (κ3) is 4.28. The van der Waals surface area contributed by atoms with Gasteiger partial charge < -0.3 is 16.2 Å². The first-order chi connectivity index (χ1) is 8.01. The predicted octanol–water partition coefficient (Wildman–Crippen LogP) is 1.17. The van der Waals surface area contributed by atoms with E-state index in [4.69, 9.17) is 5.73 Å². The molecule has 0 bridgehead atoms. The van der Waals surface area contributed by atoms with Gasteiger partial charge in [-0.3, -0.25) is 4.79 Å². The fourth-order valence-electron chi connectivity index (χ4n) is 2.69. The summed E-state index contributed by atoms with van der Waals surface area (Å²) < 4.78 is 0. The molecular formula is C13H26N2O2. The molecule has 4 N–H and O–H groups in total. The second-order valence-electron chi connectivity index (χ2n) is 5.56. The Balaban J connectivity index is 2.53. The summed E-state index contributed by atoms with van der Waals surface area (Å²) in [4.78, 5) is 11.8. The second kappa shape index (κ2) is 6.36. The zero-order chi connectivity index (χ0) is 12.9. The molecule has 0 heterocycles. The summed E-state index contributed by atoms with van der Waals surface area (Å²) in [5.74, 6) is 0.540. The standard InChI is InChI=1S/C13H26N2O2/c1-3-11(14)7-12(17)15-13(9-16)6-4-5-10(2)8-13/h10-11,16H,3-9,14H2,1-2H3,(H,15,17). The lowest BCUT2D eigenvalue weighted by Gasteiger charge is -2.39. The van der Waals surface area contributed by atoms with Gasteiger partial charge in [-0.1, -0.05) is 26.7 Å². The Bertz CT molecular complexity index is 258. The fraction of sp³-hybridized carbons (Fsp3) is 0.923. The zero-order valence-electron chi connectivity index (χ0n) is 11.0. The Morgan fingerprint density at radius 1 is 1.65 bits per heavy atom. The Morgan fingerprint density at radius 3 is 2.88 bits per heavy atom. The summed E-state index contributed by atoms with van der Waals surface area (Å²) in [5.41, 5.74) is 5.37. The van der Waals surface area contributed by atoms with Gasteiger partial charge in [0.1, 0.15) is 0 Å². The van der Waals surface area contributed by atoms with Crippen LogP contribution < -0.4 is 11.1 Å². The highest BCUT2D eigenvalue weighted by Gasteiger charge is 2.35. The molecular weight excluding hydrogens is 216 g/mol. The number of carbonyl (C=O) groups is 1. The highest BCUT2D eigenvalue weighted by Crippen LogP contribution is 2.32. The quantitative estimate of drug-likeness (QED) is 0.677. The van der Waals surface area contributed by atoms with Gasteiger partial charge in [-0.25, -0.2) is 0 Å². The average molecular weight is 242 g/mol. The van der Waals surface area contributed by atoms with E-state index in [1.165, 1.54) is 6.42 Å². The molecule has 3 atom stereocenters. The predicted molar refractivity (Wildman–Crippen MR) is 68.5 cm³/mol. The van der Waals surface area contributed by atoms with Crippen LogP contribution in [0.2, 0.25) is 0 Å². The number of rotatable bonds is 5. The highest BCUT2D eigenvalue weighted by atomic mass is 16.3. The lowest BCUT2D eigenvalue weighted by molar-refractivity contribution is -0.124. The SMILES string of the molecule is CCC(N)CC(=O)NC1(CO)CCCC(C)C1. The van der Waals surface area contributed by atoms with Crippen LogP contribution in [0.5, 0.6) is 0 Å². The minimum atomic E-state index is -0.401. The number of carbonyl (C=O) groups excluding carboxylic acids is 1. The van der Waals surface area contributed by atoms with Crippen molar-refractivity contribution in [3.8, 4) is 0 Å². The zero-order valence-corrected chi connectivity index (χ0v) is 11.0. The Morgan fingerprint density at radius 2 is 2.35 bits per heavy atom. The lowest BCUT2D eigenvalue weighted by atomic mass is 9.76. The van der Waals surface area contributed by atoms with Gasteiger partial charge in [-0.05, 0) is 25.2 Å². The van der Waals surface area contributed by atoms with E-state index in [2.05, 4.69) is 12.2 Å². The topological polar surface area (TPSA) is 75.4 Å². The highest BCUT2D eigenvalue weighted by molar-refractivity contribution is 5.77. The maximum absolute atomic E-state index is 11.8. The van der Waals surface area contributed by atoms with Crippen molar-refractivity contribution in [3.05, 3.63) is 0 Å². The van der Waals surface area contributed by atoms with Crippen LogP contribution in [-0.2, 0) is 4.79 Å². The summed E-state index contributed by atoms with van der Waals surface area (Å²) in [5, 5.41) is 12.6. The maximum atomic E-state index is 11.8. The number of hydrogen-bond acceptors (Lipinski definition) is 3. The van der Waals surface area contributed by atoms with E-state index in [-0.39, 0.29) is 18.6 Å². The van der Waals surface area contributed by atoms with Crippen LogP contribution in [0.25, 0.3) is 0 Å². The van der Waals surface area contributed by atoms with Crippen LogP contribution in [0, 0.1) is 5.92 Å². The van der Waals surface area contributed by atoms with Crippen molar-refractivity contribution >= 4 is 5.91 Å². The largest absolute Gasteiger partial charge is 0.394 e. The van der Waals surface area contributed by atoms with Gasteiger partial charge in [0.25, 0.3) is 0 Å². The van der Waals surface area contributed by atoms with Crippen molar-refractivity contribution in [3.63, 3.8) is 0 Å². The second-order valence-corrected chi connectivity index (χ2v) is 5.56. The van der Waals surface area contributed by atoms with Crippen molar-refractivity contribution in [2.24, 2.45) is 11.7 Å². The summed E-state index contributed by atoms with van der Waals surface area (Å²) >= 11 is 0. The number of aliphatic hydroxyl groups excluding tert-OH is 1. The molecule has 1 aliphatic rings. The number of hydrogen-bond donors (Lipinski definition) is 3. The van der Waals surface area contributed by atoms with Crippen molar-refractivity contribution in [1.29, 1.82) is 0 Å². The minimum absolute atomic E-state index is 0.0255. The first-order valence-electron chi connectivity index (χ1n) is 6.69. The number of amides is 1. The first kappa shape index (κ1) is 14.5. The molecule has 17 heavy (non-hydrogen) atoms. The molecule has 0 aromatic carbocycles. The van der Waals surface area contributed by atoms with E-state index in [9.17, 15) is 9.90 Å². The van der Waals surface area contributed by atoms with Crippen molar-refractivity contribution in [2.45, 2.75) is 64.0 Å². The minimum Gasteiger partial charge on any atom is -0.394 e. The Hall–Kier alpha value is -0.610. The molecule has 0 spiro atoms. The molecule has 4 heteroatoms. The van der Waals surface area contributed by atoms with E-state index in [1.807, 2.05) is 6.92 Å². The molecule has 1 fully saturated rings. The lowest BCUT2D eigenvalue weighted by Crippen LogP contribution is -2.54. The molecule has 4 nitrogen and oxygen atoms in total. The molecule has 1 rings (SSSR count). The Labute approximate surface area is 104 Å². The maximum Gasteiger partial charge on any atom is 0.222 e. The van der Waals surface area contributed by atoms with Gasteiger partial charge in [0.05, 0.1) is 12.1 Å². The monoisotopic (exact) mass is 242 g/mol. The molecule has 1 saturated carbocycles. The van der Waals surface area contributed by atoms with Crippen LogP contribution in [0.15, 0.2) is 0 Å². The smallest absolute Gasteiger partial charge is 0.222 e. The average Bonchev–Trinajstić information content (AvgIpc) is 2.28. The third-order valence-corrected chi connectivity index (χ3v) is 3.77. The van der Waals surface area contributed by atoms with Crippen molar-refractivity contribution in [2.75, 3.05) is 6.61 Å². The van der Waals surface area contributed by atoms with Gasteiger partial charge in [0.15, 0.2) is 0 Å². The molecule has 0 aliphatic heterocycles. The number of aliphatic hydroxyl groups is 1. The van der Waals surface area contributed by atoms with Crippen molar-refractivity contribution in [1.82, 2.24) is 5.32 Å². The molecule has 100 valence electrons. The molecule has 0 aromatic heterocycles. The van der Waals surface area contributed by atoms with Gasteiger partial charge in [0, 0.05) is 12.5 Å². The van der Waals surface area contributed by atoms with E-state index in [1.54, 1.807) is 0 Å². The van der Waals surface area contributed by atoms with E-state index in [0.717, 1.165) is 25.7 Å². The molecule has 0 aromatic rings. The fourth-order valence-corrected chi connectivity index (χ4v) is 2.69. The van der Waals surface area contributed by atoms with Gasteiger partial charge >= 0.3 is 0 Å². The van der Waals surface area contributed by atoms with E-state index >= 15 is 0 Å². The summed E-state index contributed by atoms with van der Waals surface area (Å²) in [6.07, 6.45) is 5.16. The first-order valence-corrected chi connectivity index (χ1v) is 6.69. The van der Waals surface area contributed by atoms with E-state index < -0.39 is 5.54 Å². The van der Waals surface area contributed by atoms with E-state index in [0.29, 0.717) is 12.3 Å². The third-order valence-electron chi connectivity index (χ3n) is 3.77. The number of nitrogens with two attached hydrogens (primary N) is 1. The molecule has 0 radical (unpaired) electrons. The Kier molecular flexibility index (Phi) is 5.40. The van der Waals surface area contributed by atoms with Crippen molar-refractivity contribution < 1.29 is 9.90 Å². The molecule has 1 amide bonds. The van der Waals surface area contributed by atoms with Gasteiger partial charge in [-0.15, -0.1) is 0 Å². The van der Waals surface area contributed by atoms with Crippen LogP contribution in [0.1, 0.15) is 52.4 Å². The summed E-state index contributed by atoms with van der Waals surface area (Å²) in [7, 11) is 0. The summed E-state index contributed by atoms with van der Waals surface area (Å²) in [6, 6.07) is -0.0771. The van der Waals surface area contributed by atoms with Crippen LogP contribution in [0.4, 0.5) is 0 Å². The van der Waals surface area contributed by atoms with Gasteiger partial charge in [-0.2, -0.15) is 0 Å². The van der Waals surface area contributed by atoms with Crippen LogP contribution >= 0.6 is 0 Å². The molecule has 3 unspecified atom stereocenters. The van der Waals surface area contributed by atoms with Crippen LogP contribution in [-0.4, -0.2) is 29.2 Å². The summed E-state index contributed by atoms with van der Waals surface area (Å²) in [6.45, 7) is 4.18. The van der Waals surface area contributed by atoms with Crippen LogP contribution in [0.3, 0.4) is 0 Å².